The number of carboxylic acids is 1. The number of carbonyl (C=O) groups is 3. The zero-order valence-corrected chi connectivity index (χ0v) is 59.0. The molecule has 23 nitrogen and oxygen atoms in total. The van der Waals surface area contributed by atoms with Crippen molar-refractivity contribution >= 4 is 17.8 Å². The summed E-state index contributed by atoms with van der Waals surface area (Å²) in [6.45, 7) is 2.16. The Morgan fingerprint density at radius 1 is 0.542 bits per heavy atom. The van der Waals surface area contributed by atoms with Crippen molar-refractivity contribution in [2.45, 2.75) is 394 Å². The summed E-state index contributed by atoms with van der Waals surface area (Å²) in [5, 5.41) is 136. The highest BCUT2D eigenvalue weighted by molar-refractivity contribution is 5.77. The van der Waals surface area contributed by atoms with Gasteiger partial charge in [-0.25, -0.2) is 4.79 Å². The van der Waals surface area contributed by atoms with Crippen LogP contribution in [0.2, 0.25) is 0 Å². The molecular weight excluding hydrogens is 1240 g/mol. The lowest BCUT2D eigenvalue weighted by atomic mass is 9.88. The Kier molecular flexibility index (Phi) is 48.3. The standard InChI is InChI=1S/C73H134N2O21/c1-4-6-8-10-12-14-16-18-20-22-24-25-26-27-28-29-30-32-34-36-38-40-42-44-46-55(80)54(75-60(83)47-45-43-41-39-37-35-33-31-23-21-19-17-15-13-11-9-7-5-2)52-91-70-65(87)64(86)67(59(51-78)93-70)94-71-66(88)69(63(85)58(50-77)92-71)96-73(72(89)90)48-56(81)61(74-53(3)79)68(95-73)62(84)57(82)49-76/h31,33,44,46,54-59,61-71,76-78,80-82,84-88H,4-30,32,34-43,45,47-52H2,1-3H3,(H,74,79)(H,75,83)(H,89,90)/b33-31-,46-44+. The van der Waals surface area contributed by atoms with Crippen molar-refractivity contribution in [2.24, 2.45) is 0 Å². The summed E-state index contributed by atoms with van der Waals surface area (Å²) in [5.74, 6) is -6.15. The smallest absolute Gasteiger partial charge is 0.364 e. The number of amides is 2. The molecule has 0 aromatic rings. The highest BCUT2D eigenvalue weighted by Gasteiger charge is 2.60. The lowest BCUT2D eigenvalue weighted by molar-refractivity contribution is -0.386. The maximum absolute atomic E-state index is 13.5. The van der Waals surface area contributed by atoms with E-state index < -0.39 is 155 Å². The van der Waals surface area contributed by atoms with E-state index in [1.807, 2.05) is 6.08 Å². The Morgan fingerprint density at radius 3 is 1.42 bits per heavy atom. The average molecular weight is 1380 g/mol. The van der Waals surface area contributed by atoms with Gasteiger partial charge < -0.3 is 100 Å². The average Bonchev–Trinajstić information content (AvgIpc) is 0.759. The second kappa shape index (κ2) is 53.1. The largest absolute Gasteiger partial charge is 0.477 e. The topological polar surface area (TPSA) is 373 Å². The molecule has 0 radical (unpaired) electrons. The third kappa shape index (κ3) is 34.3. The van der Waals surface area contributed by atoms with Crippen molar-refractivity contribution < 1.29 is 104 Å². The Morgan fingerprint density at radius 2 is 0.979 bits per heavy atom. The summed E-state index contributed by atoms with van der Waals surface area (Å²) in [7, 11) is 0. The quantitative estimate of drug-likeness (QED) is 0.0201. The maximum atomic E-state index is 13.5. The zero-order valence-electron chi connectivity index (χ0n) is 59.0. The number of hydrogen-bond acceptors (Lipinski definition) is 20. The van der Waals surface area contributed by atoms with Gasteiger partial charge in [-0.2, -0.15) is 0 Å². The van der Waals surface area contributed by atoms with Gasteiger partial charge in [0.2, 0.25) is 11.8 Å². The molecule has 3 aliphatic heterocycles. The Labute approximate surface area is 574 Å². The summed E-state index contributed by atoms with van der Waals surface area (Å²) in [5.41, 5.74) is 0. The summed E-state index contributed by atoms with van der Waals surface area (Å²) in [6.07, 6.45) is 26.4. The van der Waals surface area contributed by atoms with Gasteiger partial charge in [-0.1, -0.05) is 244 Å². The van der Waals surface area contributed by atoms with E-state index in [1.165, 1.54) is 180 Å². The van der Waals surface area contributed by atoms with Crippen LogP contribution in [-0.2, 0) is 42.8 Å². The second-order valence-corrected chi connectivity index (χ2v) is 27.5. The Bertz CT molecular complexity index is 2030. The summed E-state index contributed by atoms with van der Waals surface area (Å²) in [4.78, 5) is 38.6. The lowest BCUT2D eigenvalue weighted by Gasteiger charge is -2.50. The van der Waals surface area contributed by atoms with Crippen molar-refractivity contribution in [2.75, 3.05) is 26.4 Å². The number of unbranched alkanes of at least 4 members (excludes halogenated alkanes) is 36. The van der Waals surface area contributed by atoms with Gasteiger partial charge in [0.25, 0.3) is 5.79 Å². The van der Waals surface area contributed by atoms with Crippen molar-refractivity contribution in [1.29, 1.82) is 0 Å². The third-order valence-electron chi connectivity index (χ3n) is 19.1. The molecule has 3 saturated heterocycles. The van der Waals surface area contributed by atoms with Crippen molar-refractivity contribution in [1.82, 2.24) is 10.6 Å². The van der Waals surface area contributed by atoms with E-state index in [-0.39, 0.29) is 12.3 Å². The Balaban J connectivity index is 1.57. The monoisotopic (exact) mass is 1370 g/mol. The SMILES string of the molecule is CCCCCCCCCCC/C=C\CCCCCCCC(=O)NC(COC1OC(CO)C(OC2OC(CO)C(O)C(OC3(C(=O)O)CC(O)C(NC(C)=O)C(C(O)C(O)CO)O3)C2O)C(O)C1O)C(O)/C=C/CCCCCCCCCCCCCCCCCCCCCCCC. The predicted molar refractivity (Wildman–Crippen MR) is 366 cm³/mol. The second-order valence-electron chi connectivity index (χ2n) is 27.5. The first-order valence-electron chi connectivity index (χ1n) is 37.7. The van der Waals surface area contributed by atoms with Gasteiger partial charge in [-0.15, -0.1) is 0 Å². The molecule has 3 fully saturated rings. The van der Waals surface area contributed by atoms with Crippen LogP contribution in [-0.4, -0.2) is 215 Å². The van der Waals surface area contributed by atoms with Crippen LogP contribution in [0.25, 0.3) is 0 Å². The van der Waals surface area contributed by atoms with Gasteiger partial charge in [-0.3, -0.25) is 9.59 Å². The van der Waals surface area contributed by atoms with Gasteiger partial charge in [0.05, 0.1) is 50.7 Å². The predicted octanol–water partition coefficient (Wildman–Crippen LogP) is 8.40. The van der Waals surface area contributed by atoms with Crippen molar-refractivity contribution in [3.8, 4) is 0 Å². The van der Waals surface area contributed by atoms with Crippen molar-refractivity contribution in [3.05, 3.63) is 24.3 Å². The minimum Gasteiger partial charge on any atom is -0.477 e. The van der Waals surface area contributed by atoms with E-state index >= 15 is 0 Å². The molecule has 0 saturated carbocycles. The molecule has 14 N–H and O–H groups in total. The summed E-state index contributed by atoms with van der Waals surface area (Å²) < 4.78 is 34.8. The Hall–Kier alpha value is -2.79. The third-order valence-corrected chi connectivity index (χ3v) is 19.1. The van der Waals surface area contributed by atoms with Crippen LogP contribution in [0.1, 0.15) is 284 Å². The van der Waals surface area contributed by atoms with Gasteiger partial charge >= 0.3 is 5.97 Å². The molecule has 0 aromatic carbocycles. The molecule has 3 aliphatic rings. The van der Waals surface area contributed by atoms with Gasteiger partial charge in [-0.05, 0) is 44.9 Å². The number of hydrogen-bond donors (Lipinski definition) is 14. The molecule has 23 heteroatoms. The van der Waals surface area contributed by atoms with Crippen LogP contribution in [0.5, 0.6) is 0 Å². The molecule has 3 heterocycles. The molecule has 0 aromatic heterocycles. The first kappa shape index (κ1) is 87.4. The fourth-order valence-electron chi connectivity index (χ4n) is 13.1. The molecule has 18 atom stereocenters. The highest BCUT2D eigenvalue weighted by atomic mass is 16.8. The van der Waals surface area contributed by atoms with E-state index in [2.05, 4.69) is 36.6 Å². The first-order chi connectivity index (χ1) is 46.4. The van der Waals surface area contributed by atoms with Gasteiger partial charge in [0, 0.05) is 19.8 Å². The van der Waals surface area contributed by atoms with Crippen LogP contribution in [0.15, 0.2) is 24.3 Å². The van der Waals surface area contributed by atoms with Crippen LogP contribution in [0.4, 0.5) is 0 Å². The number of carbonyl (C=O) groups excluding carboxylic acids is 2. The molecule has 0 spiro atoms. The number of nitrogens with one attached hydrogen (secondary N) is 2. The minimum absolute atomic E-state index is 0.191. The fraction of sp³-hybridized carbons (Fsp3) is 0.904. The lowest BCUT2D eigenvalue weighted by Crippen LogP contribution is -2.70. The van der Waals surface area contributed by atoms with E-state index in [0.29, 0.717) is 12.8 Å². The molecule has 2 amide bonds. The number of allylic oxidation sites excluding steroid dienone is 3. The number of aliphatic hydroxyl groups is 11. The molecule has 3 rings (SSSR count). The van der Waals surface area contributed by atoms with Gasteiger partial charge in [0.1, 0.15) is 67.1 Å². The molecule has 18 unspecified atom stereocenters. The first-order valence-corrected chi connectivity index (χ1v) is 37.7. The van der Waals surface area contributed by atoms with E-state index in [4.69, 9.17) is 28.4 Å². The zero-order chi connectivity index (χ0) is 70.4. The number of aliphatic hydroxyl groups excluding tert-OH is 11. The van der Waals surface area contributed by atoms with Crippen LogP contribution in [0.3, 0.4) is 0 Å². The summed E-state index contributed by atoms with van der Waals surface area (Å²) in [6, 6.07) is -2.62. The van der Waals surface area contributed by atoms with Gasteiger partial charge in [0.15, 0.2) is 12.6 Å². The minimum atomic E-state index is -3.08. The fourth-order valence-corrected chi connectivity index (χ4v) is 13.1. The van der Waals surface area contributed by atoms with E-state index in [1.54, 1.807) is 6.08 Å². The molecule has 96 heavy (non-hydrogen) atoms. The number of aliphatic carboxylic acids is 1. The van der Waals surface area contributed by atoms with Crippen LogP contribution >= 0.6 is 0 Å². The molecule has 0 bridgehead atoms. The normalized spacial score (nSPS) is 27.7. The molecular formula is C73H134N2O21. The van der Waals surface area contributed by atoms with Crippen molar-refractivity contribution in [3.63, 3.8) is 0 Å². The highest BCUT2D eigenvalue weighted by Crippen LogP contribution is 2.39. The molecule has 562 valence electrons. The number of ether oxygens (including phenoxy) is 6. The van der Waals surface area contributed by atoms with E-state index in [0.717, 1.165) is 64.7 Å². The summed E-state index contributed by atoms with van der Waals surface area (Å²) >= 11 is 0. The number of carboxylic acid groups (broad SMARTS) is 1. The van der Waals surface area contributed by atoms with Crippen LogP contribution < -0.4 is 10.6 Å². The maximum Gasteiger partial charge on any atom is 0.364 e. The van der Waals surface area contributed by atoms with E-state index in [9.17, 15) is 75.7 Å². The number of rotatable bonds is 58. The molecule has 0 aliphatic carbocycles. The van der Waals surface area contributed by atoms with Crippen LogP contribution in [0, 0.1) is 0 Å².